The van der Waals surface area contributed by atoms with Crippen LogP contribution in [-0.4, -0.2) is 17.0 Å². The summed E-state index contributed by atoms with van der Waals surface area (Å²) in [6.45, 7) is 17.2. The number of rotatable bonds is 2. The summed E-state index contributed by atoms with van der Waals surface area (Å²) in [6, 6.07) is 0. The van der Waals surface area contributed by atoms with Gasteiger partial charge in [0.25, 0.3) is 0 Å². The topological polar surface area (TPSA) is 18.5 Å². The predicted octanol–water partition coefficient (Wildman–Crippen LogP) is 4.69. The highest BCUT2D eigenvalue weighted by molar-refractivity contribution is 5.12. The molecule has 2 heteroatoms. The summed E-state index contributed by atoms with van der Waals surface area (Å²) >= 11 is 0. The van der Waals surface area contributed by atoms with Crippen LogP contribution in [0.5, 0.6) is 0 Å². The minimum absolute atomic E-state index is 0.181. The van der Waals surface area contributed by atoms with Crippen molar-refractivity contribution in [2.24, 2.45) is 11.3 Å². The van der Waals surface area contributed by atoms with Crippen molar-refractivity contribution in [3.8, 4) is 0 Å². The average Bonchev–Trinajstić information content (AvgIpc) is 2.40. The number of hydrogen-bond acceptors (Lipinski definition) is 2. The van der Waals surface area contributed by atoms with Crippen molar-refractivity contribution in [1.29, 1.82) is 0 Å². The predicted molar refractivity (Wildman–Crippen MR) is 79.0 cm³/mol. The van der Waals surface area contributed by atoms with E-state index in [4.69, 9.17) is 9.47 Å². The van der Waals surface area contributed by atoms with Crippen LogP contribution in [0.4, 0.5) is 0 Å². The molecule has 1 saturated heterocycles. The Kier molecular flexibility index (Phi) is 3.43. The molecule has 1 aliphatic carbocycles. The Labute approximate surface area is 118 Å². The van der Waals surface area contributed by atoms with E-state index < -0.39 is 5.79 Å². The fourth-order valence-corrected chi connectivity index (χ4v) is 4.09. The molecular weight excluding hydrogens is 236 g/mol. The molecule has 2 fully saturated rings. The van der Waals surface area contributed by atoms with Crippen LogP contribution in [0.15, 0.2) is 12.7 Å². The molecule has 2 nitrogen and oxygen atoms in total. The highest BCUT2D eigenvalue weighted by Crippen LogP contribution is 2.57. The van der Waals surface area contributed by atoms with E-state index in [0.717, 1.165) is 19.3 Å². The standard InChI is InChI=1S/C17H30O2/c1-8-10-17-11-9-13(14(2,3)4)12-16(17,7)18-15(5,6)19-17/h8,13H,1,9-12H2,2-7H3/t13-,16+,17-/m0/s1. The van der Waals surface area contributed by atoms with Crippen LogP contribution in [0.2, 0.25) is 0 Å². The molecular formula is C17H30O2. The third-order valence-electron chi connectivity index (χ3n) is 5.11. The van der Waals surface area contributed by atoms with Crippen LogP contribution < -0.4 is 0 Å². The van der Waals surface area contributed by atoms with Gasteiger partial charge in [-0.1, -0.05) is 26.8 Å². The zero-order valence-electron chi connectivity index (χ0n) is 13.5. The Hall–Kier alpha value is -0.340. The molecule has 0 aromatic rings. The van der Waals surface area contributed by atoms with E-state index in [1.165, 1.54) is 6.42 Å². The van der Waals surface area contributed by atoms with Crippen LogP contribution in [0, 0.1) is 11.3 Å². The second-order valence-corrected chi connectivity index (χ2v) is 8.13. The molecule has 0 N–H and O–H groups in total. The van der Waals surface area contributed by atoms with Gasteiger partial charge in [0.05, 0.1) is 5.60 Å². The van der Waals surface area contributed by atoms with Gasteiger partial charge in [0.1, 0.15) is 5.60 Å². The molecule has 0 unspecified atom stereocenters. The van der Waals surface area contributed by atoms with Crippen LogP contribution in [0.1, 0.15) is 67.2 Å². The summed E-state index contributed by atoms with van der Waals surface area (Å²) in [5.74, 6) is 0.206. The molecule has 1 heterocycles. The molecule has 0 bridgehead atoms. The van der Waals surface area contributed by atoms with Gasteiger partial charge in [0.15, 0.2) is 5.79 Å². The summed E-state index contributed by atoms with van der Waals surface area (Å²) in [5.41, 5.74) is -0.0413. The Bertz CT molecular complexity index is 366. The number of ether oxygens (including phenoxy) is 2. The molecule has 0 radical (unpaired) electrons. The Morgan fingerprint density at radius 3 is 2.37 bits per heavy atom. The van der Waals surface area contributed by atoms with Gasteiger partial charge in [-0.3, -0.25) is 0 Å². The third kappa shape index (κ3) is 2.50. The summed E-state index contributed by atoms with van der Waals surface area (Å²) in [4.78, 5) is 0. The fraction of sp³-hybridized carbons (Fsp3) is 0.882. The molecule has 3 atom stereocenters. The van der Waals surface area contributed by atoms with Crippen molar-refractivity contribution >= 4 is 0 Å². The minimum atomic E-state index is -0.482. The van der Waals surface area contributed by atoms with Crippen LogP contribution in [-0.2, 0) is 9.47 Å². The van der Waals surface area contributed by atoms with Crippen molar-refractivity contribution in [2.45, 2.75) is 84.2 Å². The Balaban J connectivity index is 2.31. The van der Waals surface area contributed by atoms with E-state index >= 15 is 0 Å². The second kappa shape index (κ2) is 4.33. The largest absolute Gasteiger partial charge is 0.341 e. The Morgan fingerprint density at radius 2 is 1.84 bits per heavy atom. The maximum atomic E-state index is 6.35. The lowest BCUT2D eigenvalue weighted by atomic mass is 9.61. The van der Waals surface area contributed by atoms with Gasteiger partial charge in [-0.15, -0.1) is 6.58 Å². The van der Waals surface area contributed by atoms with Crippen molar-refractivity contribution in [2.75, 3.05) is 0 Å². The fourth-order valence-electron chi connectivity index (χ4n) is 4.09. The first-order valence-electron chi connectivity index (χ1n) is 7.55. The molecule has 2 rings (SSSR count). The van der Waals surface area contributed by atoms with Crippen LogP contribution >= 0.6 is 0 Å². The van der Waals surface area contributed by atoms with E-state index in [9.17, 15) is 0 Å². The minimum Gasteiger partial charge on any atom is -0.341 e. The highest BCUT2D eigenvalue weighted by atomic mass is 16.8. The molecule has 0 spiro atoms. The molecule has 0 aromatic carbocycles. The first-order chi connectivity index (χ1) is 8.54. The normalized spacial score (nSPS) is 41.9. The smallest absolute Gasteiger partial charge is 0.164 e. The van der Waals surface area contributed by atoms with E-state index in [2.05, 4.69) is 34.3 Å². The molecule has 2 aliphatic rings. The maximum Gasteiger partial charge on any atom is 0.164 e. The maximum absolute atomic E-state index is 6.35. The van der Waals surface area contributed by atoms with Gasteiger partial charge in [-0.25, -0.2) is 0 Å². The molecule has 0 aromatic heterocycles. The number of fused-ring (bicyclic) bond motifs is 1. The van der Waals surface area contributed by atoms with Gasteiger partial charge in [0.2, 0.25) is 0 Å². The monoisotopic (exact) mass is 266 g/mol. The zero-order valence-corrected chi connectivity index (χ0v) is 13.5. The molecule has 1 saturated carbocycles. The van der Waals surface area contributed by atoms with Gasteiger partial charge >= 0.3 is 0 Å². The quantitative estimate of drug-likeness (QED) is 0.675. The lowest BCUT2D eigenvalue weighted by molar-refractivity contribution is -0.168. The molecule has 110 valence electrons. The van der Waals surface area contributed by atoms with Crippen molar-refractivity contribution in [1.82, 2.24) is 0 Å². The number of hydrogen-bond donors (Lipinski definition) is 0. The van der Waals surface area contributed by atoms with Crippen LogP contribution in [0.3, 0.4) is 0 Å². The van der Waals surface area contributed by atoms with E-state index in [1.54, 1.807) is 0 Å². The van der Waals surface area contributed by atoms with E-state index in [0.29, 0.717) is 11.3 Å². The summed E-state index contributed by atoms with van der Waals surface area (Å²) in [6.07, 6.45) is 6.23. The van der Waals surface area contributed by atoms with Crippen molar-refractivity contribution in [3.63, 3.8) is 0 Å². The van der Waals surface area contributed by atoms with Gasteiger partial charge in [-0.2, -0.15) is 0 Å². The molecule has 0 amide bonds. The second-order valence-electron chi connectivity index (χ2n) is 8.13. The van der Waals surface area contributed by atoms with E-state index in [-0.39, 0.29) is 11.2 Å². The van der Waals surface area contributed by atoms with Crippen LogP contribution in [0.25, 0.3) is 0 Å². The lowest BCUT2D eigenvalue weighted by Gasteiger charge is -2.49. The molecule has 1 aliphatic heterocycles. The Morgan fingerprint density at radius 1 is 1.21 bits per heavy atom. The lowest BCUT2D eigenvalue weighted by Crippen LogP contribution is -2.55. The van der Waals surface area contributed by atoms with E-state index in [1.807, 2.05) is 19.9 Å². The van der Waals surface area contributed by atoms with Crippen molar-refractivity contribution in [3.05, 3.63) is 12.7 Å². The average molecular weight is 266 g/mol. The summed E-state index contributed by atoms with van der Waals surface area (Å²) in [7, 11) is 0. The third-order valence-corrected chi connectivity index (χ3v) is 5.11. The van der Waals surface area contributed by atoms with Gasteiger partial charge in [0, 0.05) is 0 Å². The first-order valence-corrected chi connectivity index (χ1v) is 7.55. The molecule has 19 heavy (non-hydrogen) atoms. The van der Waals surface area contributed by atoms with Gasteiger partial charge in [-0.05, 0) is 57.8 Å². The van der Waals surface area contributed by atoms with Crippen molar-refractivity contribution < 1.29 is 9.47 Å². The van der Waals surface area contributed by atoms with Gasteiger partial charge < -0.3 is 9.47 Å². The first kappa shape index (κ1) is 15.1. The summed E-state index contributed by atoms with van der Waals surface area (Å²) in [5, 5.41) is 0. The SMILES string of the molecule is C=CC[C@]12CC[C@H](C(C)(C)C)C[C@@]1(C)OC(C)(C)O2. The highest BCUT2D eigenvalue weighted by Gasteiger charge is 2.63. The zero-order chi connectivity index (χ0) is 14.5. The summed E-state index contributed by atoms with van der Waals surface area (Å²) < 4.78 is 12.7.